The first-order chi connectivity index (χ1) is 12.1. The van der Waals surface area contributed by atoms with Gasteiger partial charge in [0, 0.05) is 18.0 Å². The van der Waals surface area contributed by atoms with E-state index in [4.69, 9.17) is 21.4 Å². The van der Waals surface area contributed by atoms with Crippen LogP contribution in [0.5, 0.6) is 0 Å². The molecule has 3 heterocycles. The number of rotatable bonds is 3. The lowest BCUT2D eigenvalue weighted by molar-refractivity contribution is 0.0697. The number of thiophene rings is 1. The van der Waals surface area contributed by atoms with E-state index in [0.717, 1.165) is 39.6 Å². The molecular formula is C17H14ClN3O3S. The van der Waals surface area contributed by atoms with Crippen LogP contribution in [0.3, 0.4) is 0 Å². The molecule has 1 aliphatic rings. The van der Waals surface area contributed by atoms with Gasteiger partial charge in [0.1, 0.15) is 0 Å². The summed E-state index contributed by atoms with van der Waals surface area (Å²) in [6.07, 6.45) is 0. The van der Waals surface area contributed by atoms with Crippen molar-refractivity contribution < 1.29 is 14.6 Å². The summed E-state index contributed by atoms with van der Waals surface area (Å²) < 4.78 is 6.38. The van der Waals surface area contributed by atoms with Crippen LogP contribution in [-0.2, 0) is 4.74 Å². The van der Waals surface area contributed by atoms with Crippen molar-refractivity contribution in [3.63, 3.8) is 0 Å². The van der Waals surface area contributed by atoms with E-state index in [9.17, 15) is 4.79 Å². The molecule has 25 heavy (non-hydrogen) atoms. The van der Waals surface area contributed by atoms with Gasteiger partial charge in [0.25, 0.3) is 0 Å². The highest BCUT2D eigenvalue weighted by atomic mass is 35.5. The number of nitrogens with zero attached hydrogens (tertiary/aromatic N) is 3. The monoisotopic (exact) mass is 375 g/mol. The van der Waals surface area contributed by atoms with Crippen LogP contribution in [0.1, 0.15) is 10.4 Å². The van der Waals surface area contributed by atoms with Gasteiger partial charge in [0.15, 0.2) is 5.82 Å². The normalized spacial score (nSPS) is 14.8. The third-order valence-corrected chi connectivity index (χ3v) is 5.39. The second-order valence-corrected chi connectivity index (χ2v) is 7.01. The van der Waals surface area contributed by atoms with Gasteiger partial charge in [-0.25, -0.2) is 9.78 Å². The minimum atomic E-state index is -0.935. The number of morpholine rings is 1. The fraction of sp³-hybridized carbons (Fsp3) is 0.235. The van der Waals surface area contributed by atoms with Crippen molar-refractivity contribution >= 4 is 44.9 Å². The zero-order valence-corrected chi connectivity index (χ0v) is 14.7. The molecule has 0 amide bonds. The Morgan fingerprint density at radius 3 is 2.60 bits per heavy atom. The number of anilines is 1. The van der Waals surface area contributed by atoms with E-state index in [0.29, 0.717) is 13.2 Å². The van der Waals surface area contributed by atoms with Crippen molar-refractivity contribution in [2.45, 2.75) is 0 Å². The fourth-order valence-electron chi connectivity index (χ4n) is 2.80. The molecule has 1 N–H and O–H groups in total. The zero-order valence-electron chi connectivity index (χ0n) is 13.1. The molecule has 1 aromatic carbocycles. The number of carboxylic acid groups (broad SMARTS) is 1. The van der Waals surface area contributed by atoms with Crippen molar-refractivity contribution in [3.8, 4) is 10.4 Å². The highest BCUT2D eigenvalue weighted by molar-refractivity contribution is 7.22. The SMILES string of the molecule is O=C(O)c1ccc(-c2cc3nc(Cl)nc(N4CCOCC4)c3s2)cc1. The average molecular weight is 376 g/mol. The van der Waals surface area contributed by atoms with Crippen LogP contribution in [-0.4, -0.2) is 47.3 Å². The minimum absolute atomic E-state index is 0.222. The van der Waals surface area contributed by atoms with Crippen molar-refractivity contribution in [2.24, 2.45) is 0 Å². The zero-order chi connectivity index (χ0) is 17.4. The lowest BCUT2D eigenvalue weighted by Crippen LogP contribution is -2.36. The Bertz CT molecular complexity index is 936. The molecule has 0 radical (unpaired) electrons. The summed E-state index contributed by atoms with van der Waals surface area (Å²) in [5.74, 6) is -0.105. The maximum atomic E-state index is 11.0. The molecule has 6 nitrogen and oxygen atoms in total. The molecule has 1 aliphatic heterocycles. The second kappa shape index (κ2) is 6.59. The van der Waals surface area contributed by atoms with E-state index in [1.807, 2.05) is 6.07 Å². The van der Waals surface area contributed by atoms with Gasteiger partial charge < -0.3 is 14.7 Å². The molecule has 0 aliphatic carbocycles. The highest BCUT2D eigenvalue weighted by Gasteiger charge is 2.19. The van der Waals surface area contributed by atoms with E-state index in [1.165, 1.54) is 0 Å². The van der Waals surface area contributed by atoms with Gasteiger partial charge in [-0.2, -0.15) is 4.98 Å². The third kappa shape index (κ3) is 3.18. The second-order valence-electron chi connectivity index (χ2n) is 5.62. The maximum Gasteiger partial charge on any atom is 0.335 e. The minimum Gasteiger partial charge on any atom is -0.478 e. The van der Waals surface area contributed by atoms with Gasteiger partial charge in [-0.15, -0.1) is 11.3 Å². The predicted molar refractivity (Wildman–Crippen MR) is 97.9 cm³/mol. The van der Waals surface area contributed by atoms with Crippen molar-refractivity contribution in [2.75, 3.05) is 31.2 Å². The van der Waals surface area contributed by atoms with Crippen LogP contribution in [0, 0.1) is 0 Å². The number of halogens is 1. The third-order valence-electron chi connectivity index (χ3n) is 4.05. The number of aromatic carboxylic acids is 1. The van der Waals surface area contributed by atoms with Gasteiger partial charge in [-0.3, -0.25) is 0 Å². The molecule has 2 aromatic heterocycles. The number of carboxylic acids is 1. The van der Waals surface area contributed by atoms with Gasteiger partial charge in [-0.05, 0) is 35.4 Å². The van der Waals surface area contributed by atoms with Crippen molar-refractivity contribution in [1.29, 1.82) is 0 Å². The Morgan fingerprint density at radius 1 is 1.20 bits per heavy atom. The smallest absolute Gasteiger partial charge is 0.335 e. The van der Waals surface area contributed by atoms with Crippen LogP contribution in [0.4, 0.5) is 5.82 Å². The molecule has 128 valence electrons. The molecule has 0 saturated carbocycles. The molecule has 0 spiro atoms. The van der Waals surface area contributed by atoms with Gasteiger partial charge >= 0.3 is 5.97 Å². The molecule has 3 aromatic rings. The van der Waals surface area contributed by atoms with E-state index >= 15 is 0 Å². The Kier molecular flexibility index (Phi) is 4.29. The molecule has 1 fully saturated rings. The Balaban J connectivity index is 1.77. The van der Waals surface area contributed by atoms with Crippen LogP contribution in [0.15, 0.2) is 30.3 Å². The molecule has 8 heteroatoms. The van der Waals surface area contributed by atoms with Gasteiger partial charge in [0.2, 0.25) is 5.28 Å². The topological polar surface area (TPSA) is 75.5 Å². The number of ether oxygens (including phenoxy) is 1. The molecular weight excluding hydrogens is 362 g/mol. The lowest BCUT2D eigenvalue weighted by Gasteiger charge is -2.28. The van der Waals surface area contributed by atoms with E-state index < -0.39 is 5.97 Å². The summed E-state index contributed by atoms with van der Waals surface area (Å²) in [4.78, 5) is 22.9. The predicted octanol–water partition coefficient (Wildman–Crippen LogP) is 3.55. The molecule has 0 bridgehead atoms. The molecule has 0 unspecified atom stereocenters. The average Bonchev–Trinajstić information content (AvgIpc) is 3.05. The molecule has 4 rings (SSSR count). The summed E-state index contributed by atoms with van der Waals surface area (Å²) in [6.45, 7) is 2.86. The van der Waals surface area contributed by atoms with Crippen LogP contribution < -0.4 is 4.90 Å². The number of hydrogen-bond acceptors (Lipinski definition) is 6. The number of benzene rings is 1. The Labute approximate surface area is 152 Å². The van der Waals surface area contributed by atoms with E-state index in [-0.39, 0.29) is 10.8 Å². The first-order valence-electron chi connectivity index (χ1n) is 7.75. The number of fused-ring (bicyclic) bond motifs is 1. The highest BCUT2D eigenvalue weighted by Crippen LogP contribution is 2.38. The number of hydrogen-bond donors (Lipinski definition) is 1. The Morgan fingerprint density at radius 2 is 1.92 bits per heavy atom. The summed E-state index contributed by atoms with van der Waals surface area (Å²) in [6, 6.07) is 8.77. The quantitative estimate of drug-likeness (QED) is 0.705. The lowest BCUT2D eigenvalue weighted by atomic mass is 10.1. The van der Waals surface area contributed by atoms with Crippen LogP contribution in [0.25, 0.3) is 20.7 Å². The van der Waals surface area contributed by atoms with Crippen molar-refractivity contribution in [3.05, 3.63) is 41.2 Å². The molecule has 1 saturated heterocycles. The van der Waals surface area contributed by atoms with Crippen LogP contribution in [0.2, 0.25) is 5.28 Å². The fourth-order valence-corrected chi connectivity index (χ4v) is 4.09. The first kappa shape index (κ1) is 16.3. The van der Waals surface area contributed by atoms with E-state index in [2.05, 4.69) is 14.9 Å². The molecule has 0 atom stereocenters. The summed E-state index contributed by atoms with van der Waals surface area (Å²) >= 11 is 7.69. The van der Waals surface area contributed by atoms with Gasteiger partial charge in [0.05, 0.1) is 29.0 Å². The van der Waals surface area contributed by atoms with Gasteiger partial charge in [-0.1, -0.05) is 12.1 Å². The van der Waals surface area contributed by atoms with Crippen molar-refractivity contribution in [1.82, 2.24) is 9.97 Å². The van der Waals surface area contributed by atoms with Crippen LogP contribution >= 0.6 is 22.9 Å². The first-order valence-corrected chi connectivity index (χ1v) is 8.95. The van der Waals surface area contributed by atoms with E-state index in [1.54, 1.807) is 35.6 Å². The Hall–Kier alpha value is -2.22. The largest absolute Gasteiger partial charge is 0.478 e. The summed E-state index contributed by atoms with van der Waals surface area (Å²) in [5.41, 5.74) is 2.00. The standard InChI is InChI=1S/C17H14ClN3O3S/c18-17-19-12-9-13(10-1-3-11(4-2-10)16(22)23)25-14(12)15(20-17)21-5-7-24-8-6-21/h1-4,9H,5-8H2,(H,22,23). The number of carbonyl (C=O) groups is 1. The summed E-state index contributed by atoms with van der Waals surface area (Å²) in [5, 5.41) is 9.25. The summed E-state index contributed by atoms with van der Waals surface area (Å²) in [7, 11) is 0. The maximum absolute atomic E-state index is 11.0. The number of aromatic nitrogens is 2.